The van der Waals surface area contributed by atoms with E-state index in [1.54, 1.807) is 0 Å². The van der Waals surface area contributed by atoms with Gasteiger partial charge in [-0.25, -0.2) is 4.98 Å². The number of nitrogens with zero attached hydrogens (tertiary/aromatic N) is 3. The Morgan fingerprint density at radius 1 is 1.72 bits per heavy atom. The van der Waals surface area contributed by atoms with Crippen LogP contribution in [0, 0.1) is 21.4 Å². The van der Waals surface area contributed by atoms with Gasteiger partial charge in [0.2, 0.25) is 5.82 Å². The van der Waals surface area contributed by atoms with Gasteiger partial charge in [-0.3, -0.25) is 10.1 Å². The van der Waals surface area contributed by atoms with Crippen LogP contribution in [-0.4, -0.2) is 28.5 Å². The molecule has 2 rings (SSSR count). The van der Waals surface area contributed by atoms with Crippen LogP contribution in [0.5, 0.6) is 0 Å². The third kappa shape index (κ3) is 2.38. The molecular formula is C11H13N5O2. The smallest absolute Gasteiger partial charge is 0.312 e. The fourth-order valence-electron chi connectivity index (χ4n) is 1.96. The van der Waals surface area contributed by atoms with Crippen molar-refractivity contribution in [3.05, 3.63) is 27.9 Å². The third-order valence-corrected chi connectivity index (χ3v) is 2.98. The van der Waals surface area contributed by atoms with E-state index in [-0.39, 0.29) is 22.6 Å². The Balaban J connectivity index is 2.32. The molecule has 18 heavy (non-hydrogen) atoms. The predicted octanol–water partition coefficient (Wildman–Crippen LogP) is 1.03. The van der Waals surface area contributed by atoms with E-state index in [0.717, 1.165) is 19.5 Å². The van der Waals surface area contributed by atoms with E-state index in [0.29, 0.717) is 0 Å². The van der Waals surface area contributed by atoms with Crippen LogP contribution in [0.15, 0.2) is 12.3 Å². The summed E-state index contributed by atoms with van der Waals surface area (Å²) in [4.78, 5) is 14.4. The molecule has 1 unspecified atom stereocenters. The first-order valence-electron chi connectivity index (χ1n) is 5.57. The molecule has 1 aliphatic heterocycles. The van der Waals surface area contributed by atoms with E-state index in [1.165, 1.54) is 12.3 Å². The first kappa shape index (κ1) is 12.3. The number of nitro groups is 1. The number of aromatic nitrogens is 1. The first-order chi connectivity index (χ1) is 8.54. The molecule has 0 saturated carbocycles. The molecule has 0 bridgehead atoms. The van der Waals surface area contributed by atoms with E-state index < -0.39 is 4.92 Å². The lowest BCUT2D eigenvalue weighted by molar-refractivity contribution is -0.384. The standard InChI is InChI=1S/C11H13N5O2/c1-11(2-3-13-7-11)15-10-9(16(17)18)4-8(5-12)6-14-10/h4,6,13H,2-3,7H2,1H3,(H,14,15). The van der Waals surface area contributed by atoms with E-state index in [9.17, 15) is 10.1 Å². The zero-order valence-corrected chi connectivity index (χ0v) is 9.93. The van der Waals surface area contributed by atoms with E-state index in [4.69, 9.17) is 5.26 Å². The highest BCUT2D eigenvalue weighted by Crippen LogP contribution is 2.27. The van der Waals surface area contributed by atoms with Crippen LogP contribution in [0.3, 0.4) is 0 Å². The van der Waals surface area contributed by atoms with Gasteiger partial charge in [0, 0.05) is 24.3 Å². The summed E-state index contributed by atoms with van der Waals surface area (Å²) < 4.78 is 0. The highest BCUT2D eigenvalue weighted by Gasteiger charge is 2.31. The number of hydrogen-bond donors (Lipinski definition) is 2. The van der Waals surface area contributed by atoms with Crippen molar-refractivity contribution in [3.8, 4) is 6.07 Å². The lowest BCUT2D eigenvalue weighted by atomic mass is 10.0. The van der Waals surface area contributed by atoms with Crippen LogP contribution in [0.25, 0.3) is 0 Å². The van der Waals surface area contributed by atoms with Crippen LogP contribution in [0.4, 0.5) is 11.5 Å². The molecule has 0 aliphatic carbocycles. The second kappa shape index (κ2) is 4.58. The highest BCUT2D eigenvalue weighted by atomic mass is 16.6. The van der Waals surface area contributed by atoms with Gasteiger partial charge in [-0.1, -0.05) is 0 Å². The number of anilines is 1. The Morgan fingerprint density at radius 2 is 2.50 bits per heavy atom. The molecule has 2 N–H and O–H groups in total. The number of hydrogen-bond acceptors (Lipinski definition) is 6. The van der Waals surface area contributed by atoms with Crippen LogP contribution in [0.1, 0.15) is 18.9 Å². The lowest BCUT2D eigenvalue weighted by Crippen LogP contribution is -2.37. The van der Waals surface area contributed by atoms with Gasteiger partial charge in [-0.2, -0.15) is 5.26 Å². The molecule has 1 aromatic rings. The quantitative estimate of drug-likeness (QED) is 0.610. The lowest BCUT2D eigenvalue weighted by Gasteiger charge is -2.24. The molecule has 0 amide bonds. The molecule has 7 nitrogen and oxygen atoms in total. The van der Waals surface area contributed by atoms with Crippen LogP contribution < -0.4 is 10.6 Å². The van der Waals surface area contributed by atoms with Gasteiger partial charge >= 0.3 is 5.69 Å². The summed E-state index contributed by atoms with van der Waals surface area (Å²) in [5.74, 6) is 0.213. The summed E-state index contributed by atoms with van der Waals surface area (Å²) in [5.41, 5.74) is -0.226. The minimum Gasteiger partial charge on any atom is -0.358 e. The number of pyridine rings is 1. The fourth-order valence-corrected chi connectivity index (χ4v) is 1.96. The number of rotatable bonds is 3. The molecule has 1 aliphatic rings. The monoisotopic (exact) mass is 247 g/mol. The molecule has 1 atom stereocenters. The van der Waals surface area contributed by atoms with Crippen LogP contribution >= 0.6 is 0 Å². The summed E-state index contributed by atoms with van der Waals surface area (Å²) in [5, 5.41) is 26.0. The molecule has 7 heteroatoms. The minimum absolute atomic E-state index is 0.165. The van der Waals surface area contributed by atoms with Gasteiger partial charge in [0.25, 0.3) is 0 Å². The van der Waals surface area contributed by atoms with Gasteiger partial charge in [0.15, 0.2) is 0 Å². The average molecular weight is 247 g/mol. The van der Waals surface area contributed by atoms with Gasteiger partial charge < -0.3 is 10.6 Å². The van der Waals surface area contributed by atoms with E-state index in [2.05, 4.69) is 15.6 Å². The van der Waals surface area contributed by atoms with Crippen molar-refractivity contribution < 1.29 is 4.92 Å². The molecule has 94 valence electrons. The third-order valence-electron chi connectivity index (χ3n) is 2.98. The summed E-state index contributed by atoms with van der Waals surface area (Å²) >= 11 is 0. The molecule has 0 aromatic carbocycles. The Labute approximate surface area is 104 Å². The molecule has 1 saturated heterocycles. The van der Waals surface area contributed by atoms with Crippen molar-refractivity contribution in [1.82, 2.24) is 10.3 Å². The zero-order valence-electron chi connectivity index (χ0n) is 9.93. The highest BCUT2D eigenvalue weighted by molar-refractivity contribution is 5.59. The van der Waals surface area contributed by atoms with Gasteiger partial charge in [0.05, 0.1) is 10.5 Å². The first-order valence-corrected chi connectivity index (χ1v) is 5.57. The van der Waals surface area contributed by atoms with E-state index in [1.807, 2.05) is 13.0 Å². The maximum absolute atomic E-state index is 11.0. The topological polar surface area (TPSA) is 104 Å². The molecule has 0 radical (unpaired) electrons. The van der Waals surface area contributed by atoms with Gasteiger partial charge in [0.1, 0.15) is 6.07 Å². The summed E-state index contributed by atoms with van der Waals surface area (Å²) in [6.07, 6.45) is 2.20. The average Bonchev–Trinajstić information content (AvgIpc) is 2.76. The van der Waals surface area contributed by atoms with Gasteiger partial charge in [-0.05, 0) is 19.9 Å². The number of nitriles is 1. The summed E-state index contributed by atoms with van der Waals surface area (Å²) in [6, 6.07) is 3.08. The summed E-state index contributed by atoms with van der Waals surface area (Å²) in [6.45, 7) is 3.58. The van der Waals surface area contributed by atoms with Crippen molar-refractivity contribution in [2.75, 3.05) is 18.4 Å². The van der Waals surface area contributed by atoms with Crippen molar-refractivity contribution >= 4 is 11.5 Å². The summed E-state index contributed by atoms with van der Waals surface area (Å²) in [7, 11) is 0. The molecular weight excluding hydrogens is 234 g/mol. The SMILES string of the molecule is CC1(Nc2ncc(C#N)cc2[N+](=O)[O-])CCNC1. The number of nitrogens with one attached hydrogen (secondary N) is 2. The van der Waals surface area contributed by atoms with Crippen LogP contribution in [-0.2, 0) is 0 Å². The van der Waals surface area contributed by atoms with Gasteiger partial charge in [-0.15, -0.1) is 0 Å². The van der Waals surface area contributed by atoms with Crippen molar-refractivity contribution in [3.63, 3.8) is 0 Å². The molecule has 0 spiro atoms. The maximum Gasteiger partial charge on any atom is 0.312 e. The minimum atomic E-state index is -0.526. The Bertz CT molecular complexity index is 517. The van der Waals surface area contributed by atoms with E-state index >= 15 is 0 Å². The Kier molecular flexibility index (Phi) is 3.12. The maximum atomic E-state index is 11.0. The zero-order chi connectivity index (χ0) is 13.2. The van der Waals surface area contributed by atoms with Crippen LogP contribution in [0.2, 0.25) is 0 Å². The Hall–Kier alpha value is -2.20. The normalized spacial score (nSPS) is 22.4. The molecule has 1 aromatic heterocycles. The molecule has 2 heterocycles. The largest absolute Gasteiger partial charge is 0.358 e. The molecule has 1 fully saturated rings. The van der Waals surface area contributed by atoms with Crippen molar-refractivity contribution in [2.24, 2.45) is 0 Å². The second-order valence-corrected chi connectivity index (χ2v) is 4.57. The second-order valence-electron chi connectivity index (χ2n) is 4.57. The van der Waals surface area contributed by atoms with Crippen molar-refractivity contribution in [2.45, 2.75) is 18.9 Å². The predicted molar refractivity (Wildman–Crippen MR) is 65.1 cm³/mol. The fraction of sp³-hybridized carbons (Fsp3) is 0.455. The van der Waals surface area contributed by atoms with Crippen molar-refractivity contribution in [1.29, 1.82) is 5.26 Å². The Morgan fingerprint density at radius 3 is 3.06 bits per heavy atom.